The van der Waals surface area contributed by atoms with E-state index in [4.69, 9.17) is 9.84 Å². The number of anilines is 2. The molecule has 2 N–H and O–H groups in total. The lowest BCUT2D eigenvalue weighted by Crippen LogP contribution is -2.62. The van der Waals surface area contributed by atoms with Crippen LogP contribution < -0.4 is 15.1 Å². The van der Waals surface area contributed by atoms with Crippen LogP contribution in [0.5, 0.6) is 0 Å². The molecule has 2 aromatic carbocycles. The number of amides is 1. The number of piperazine rings is 1. The predicted octanol–water partition coefficient (Wildman–Crippen LogP) is 3.45. The molecule has 0 aliphatic carbocycles. The number of rotatable bonds is 8. The van der Waals surface area contributed by atoms with Gasteiger partial charge in [-0.1, -0.05) is 54.6 Å². The van der Waals surface area contributed by atoms with Gasteiger partial charge in [0.2, 0.25) is 6.41 Å². The maximum absolute atomic E-state index is 12.9. The Morgan fingerprint density at radius 2 is 1.60 bits per heavy atom. The standard InChI is InChI=1S/C33H39N7O3/c1-33(2,3)43-32(42)35-25-21-40(22-25)31(41)24-13-14-29(34-20-24)38-15-17-39(18-16-38)30-27-12-8-7-11-26(27)28(36-37-30)19-23-9-5-4-6-10-23/h4-14,20,25,32,35,42H,15-19,21-22H2,1-3H3. The van der Waals surface area contributed by atoms with Crippen molar-refractivity contribution in [3.8, 4) is 0 Å². The van der Waals surface area contributed by atoms with Crippen LogP contribution in [0.3, 0.4) is 0 Å². The molecule has 1 unspecified atom stereocenters. The largest absolute Gasteiger partial charge is 0.356 e. The molecule has 2 aliphatic heterocycles. The number of fused-ring (bicyclic) bond motifs is 1. The lowest BCUT2D eigenvalue weighted by atomic mass is 10.0. The molecule has 2 saturated heterocycles. The fourth-order valence-corrected chi connectivity index (χ4v) is 5.65. The average Bonchev–Trinajstić information content (AvgIpc) is 2.98. The van der Waals surface area contributed by atoms with E-state index >= 15 is 0 Å². The summed E-state index contributed by atoms with van der Waals surface area (Å²) in [5, 5.41) is 24.7. The zero-order valence-corrected chi connectivity index (χ0v) is 25.0. The highest BCUT2D eigenvalue weighted by molar-refractivity contribution is 5.95. The van der Waals surface area contributed by atoms with Crippen LogP contribution in [0.2, 0.25) is 0 Å². The fourth-order valence-electron chi connectivity index (χ4n) is 5.65. The van der Waals surface area contributed by atoms with Gasteiger partial charge in [-0.05, 0) is 38.5 Å². The highest BCUT2D eigenvalue weighted by atomic mass is 16.6. The van der Waals surface area contributed by atoms with E-state index in [0.717, 1.165) is 60.7 Å². The summed E-state index contributed by atoms with van der Waals surface area (Å²) in [5.41, 5.74) is 2.31. The molecule has 0 saturated carbocycles. The molecule has 0 spiro atoms. The minimum atomic E-state index is -1.06. The number of aliphatic hydroxyl groups is 1. The number of hydrogen-bond donors (Lipinski definition) is 2. The second kappa shape index (κ2) is 12.2. The van der Waals surface area contributed by atoms with Crippen molar-refractivity contribution < 1.29 is 14.6 Å². The first kappa shape index (κ1) is 29.0. The highest BCUT2D eigenvalue weighted by Gasteiger charge is 2.33. The first-order chi connectivity index (χ1) is 20.7. The summed E-state index contributed by atoms with van der Waals surface area (Å²) >= 11 is 0. The van der Waals surface area contributed by atoms with Crippen molar-refractivity contribution in [2.45, 2.75) is 45.2 Å². The van der Waals surface area contributed by atoms with Crippen molar-refractivity contribution in [1.29, 1.82) is 0 Å². The Balaban J connectivity index is 1.04. The second-order valence-electron chi connectivity index (χ2n) is 12.2. The van der Waals surface area contributed by atoms with Gasteiger partial charge in [-0.3, -0.25) is 10.1 Å². The molecule has 224 valence electrons. The van der Waals surface area contributed by atoms with Gasteiger partial charge >= 0.3 is 0 Å². The number of likely N-dealkylation sites (tertiary alicyclic amines) is 1. The molecule has 10 nitrogen and oxygen atoms in total. The smallest absolute Gasteiger partial charge is 0.255 e. The molecule has 2 aromatic heterocycles. The number of ether oxygens (including phenoxy) is 1. The Morgan fingerprint density at radius 3 is 2.28 bits per heavy atom. The molecule has 6 rings (SSSR count). The zero-order valence-electron chi connectivity index (χ0n) is 25.0. The molecule has 43 heavy (non-hydrogen) atoms. The van der Waals surface area contributed by atoms with Crippen molar-refractivity contribution in [3.05, 3.63) is 89.7 Å². The van der Waals surface area contributed by atoms with E-state index in [1.54, 1.807) is 11.1 Å². The van der Waals surface area contributed by atoms with Crippen LogP contribution in [0, 0.1) is 0 Å². The van der Waals surface area contributed by atoms with Gasteiger partial charge in [-0.15, -0.1) is 5.10 Å². The van der Waals surface area contributed by atoms with E-state index in [2.05, 4.69) is 73.7 Å². The average molecular weight is 582 g/mol. The molecule has 0 radical (unpaired) electrons. The molecule has 2 fully saturated rings. The van der Waals surface area contributed by atoms with Crippen LogP contribution in [-0.4, -0.2) is 88.4 Å². The lowest BCUT2D eigenvalue weighted by Gasteiger charge is -2.41. The predicted molar refractivity (Wildman–Crippen MR) is 167 cm³/mol. The van der Waals surface area contributed by atoms with Crippen molar-refractivity contribution in [2.75, 3.05) is 49.1 Å². The first-order valence-corrected chi connectivity index (χ1v) is 14.9. The SMILES string of the molecule is CC(C)(C)OC(O)NC1CN(C(=O)c2ccc(N3CCN(c4nnc(Cc5ccccc5)c5ccccc45)CC3)nc2)C1. The van der Waals surface area contributed by atoms with E-state index in [1.807, 2.05) is 39.0 Å². The molecule has 4 aromatic rings. The fraction of sp³-hybridized carbons (Fsp3) is 0.394. The van der Waals surface area contributed by atoms with E-state index in [0.29, 0.717) is 18.7 Å². The van der Waals surface area contributed by atoms with E-state index < -0.39 is 12.0 Å². The van der Waals surface area contributed by atoms with Crippen LogP contribution in [0.15, 0.2) is 72.9 Å². The summed E-state index contributed by atoms with van der Waals surface area (Å²) < 4.78 is 5.49. The lowest BCUT2D eigenvalue weighted by molar-refractivity contribution is -0.189. The Labute approximate surface area is 252 Å². The van der Waals surface area contributed by atoms with Crippen LogP contribution in [0.4, 0.5) is 11.6 Å². The normalized spacial score (nSPS) is 16.8. The monoisotopic (exact) mass is 581 g/mol. The molecule has 1 atom stereocenters. The number of carbonyl (C=O) groups is 1. The molecule has 10 heteroatoms. The Bertz CT molecular complexity index is 1540. The first-order valence-electron chi connectivity index (χ1n) is 14.9. The van der Waals surface area contributed by atoms with E-state index in [1.165, 1.54) is 5.56 Å². The third-order valence-electron chi connectivity index (χ3n) is 7.87. The summed E-state index contributed by atoms with van der Waals surface area (Å²) in [6, 6.07) is 22.5. The van der Waals surface area contributed by atoms with Gasteiger partial charge in [-0.25, -0.2) is 4.98 Å². The molecule has 1 amide bonds. The Kier molecular flexibility index (Phi) is 8.25. The topological polar surface area (TPSA) is 107 Å². The summed E-state index contributed by atoms with van der Waals surface area (Å²) in [5.74, 6) is 1.71. The summed E-state index contributed by atoms with van der Waals surface area (Å²) in [7, 11) is 0. The number of carbonyl (C=O) groups excluding carboxylic acids is 1. The van der Waals surface area contributed by atoms with Crippen molar-refractivity contribution in [1.82, 2.24) is 25.4 Å². The minimum absolute atomic E-state index is 0.00768. The third-order valence-corrected chi connectivity index (χ3v) is 7.87. The van der Waals surface area contributed by atoms with Crippen LogP contribution in [0.1, 0.15) is 42.4 Å². The van der Waals surface area contributed by atoms with E-state index in [9.17, 15) is 9.90 Å². The van der Waals surface area contributed by atoms with Gasteiger partial charge in [0, 0.05) is 68.7 Å². The van der Waals surface area contributed by atoms with Gasteiger partial charge in [-0.2, -0.15) is 5.10 Å². The molecule has 0 bridgehead atoms. The van der Waals surface area contributed by atoms with Gasteiger partial charge in [0.25, 0.3) is 5.91 Å². The number of nitrogens with zero attached hydrogens (tertiary/aromatic N) is 6. The zero-order chi connectivity index (χ0) is 30.0. The molecular formula is C33H39N7O3. The summed E-state index contributed by atoms with van der Waals surface area (Å²) in [6.45, 7) is 9.85. The highest BCUT2D eigenvalue weighted by Crippen LogP contribution is 2.28. The molecular weight excluding hydrogens is 542 g/mol. The Morgan fingerprint density at radius 1 is 0.930 bits per heavy atom. The third kappa shape index (κ3) is 6.77. The van der Waals surface area contributed by atoms with Crippen LogP contribution >= 0.6 is 0 Å². The van der Waals surface area contributed by atoms with Crippen molar-refractivity contribution in [2.24, 2.45) is 0 Å². The van der Waals surface area contributed by atoms with Crippen molar-refractivity contribution >= 4 is 28.3 Å². The number of hydrogen-bond acceptors (Lipinski definition) is 9. The van der Waals surface area contributed by atoms with Crippen LogP contribution in [0.25, 0.3) is 10.8 Å². The number of nitrogens with one attached hydrogen (secondary N) is 1. The summed E-state index contributed by atoms with van der Waals surface area (Å²) in [6.07, 6.45) is 1.35. The summed E-state index contributed by atoms with van der Waals surface area (Å²) in [4.78, 5) is 23.8. The van der Waals surface area contributed by atoms with Gasteiger partial charge in [0.05, 0.1) is 16.9 Å². The molecule has 2 aliphatic rings. The van der Waals surface area contributed by atoms with Gasteiger partial charge < -0.3 is 24.5 Å². The maximum Gasteiger partial charge on any atom is 0.255 e. The van der Waals surface area contributed by atoms with E-state index in [-0.39, 0.29) is 11.9 Å². The number of pyridine rings is 1. The Hall–Kier alpha value is -4.12. The van der Waals surface area contributed by atoms with Crippen LogP contribution in [-0.2, 0) is 11.2 Å². The molecule has 4 heterocycles. The minimum Gasteiger partial charge on any atom is -0.356 e. The maximum atomic E-state index is 12.9. The van der Waals surface area contributed by atoms with Crippen molar-refractivity contribution in [3.63, 3.8) is 0 Å². The quantitative estimate of drug-likeness (QED) is 0.303. The number of aliphatic hydroxyl groups excluding tert-OH is 1. The van der Waals surface area contributed by atoms with Gasteiger partial charge in [0.15, 0.2) is 5.82 Å². The number of benzene rings is 2. The second-order valence-corrected chi connectivity index (χ2v) is 12.2. The van der Waals surface area contributed by atoms with Gasteiger partial charge in [0.1, 0.15) is 5.82 Å². The number of aromatic nitrogens is 3.